The number of nitrogens with zero attached hydrogens (tertiary/aromatic N) is 1. The van der Waals surface area contributed by atoms with Crippen LogP contribution in [0, 0.1) is 5.82 Å². The summed E-state index contributed by atoms with van der Waals surface area (Å²) in [7, 11) is 0. The van der Waals surface area contributed by atoms with Crippen LogP contribution in [0.15, 0.2) is 42.5 Å². The summed E-state index contributed by atoms with van der Waals surface area (Å²) in [5, 5.41) is 9.62. The van der Waals surface area contributed by atoms with Crippen LogP contribution in [0.4, 0.5) is 4.39 Å². The second-order valence-corrected chi connectivity index (χ2v) is 5.48. The quantitative estimate of drug-likeness (QED) is 0.798. The molecule has 0 fully saturated rings. The summed E-state index contributed by atoms with van der Waals surface area (Å²) >= 11 is 1.52. The first-order chi connectivity index (χ1) is 9.63. The average molecular weight is 287 g/mol. The molecule has 0 aliphatic carbocycles. The van der Waals surface area contributed by atoms with Gasteiger partial charge in [0, 0.05) is 6.42 Å². The third kappa shape index (κ3) is 2.40. The number of para-hydroxylation sites is 1. The minimum Gasteiger partial charge on any atom is -0.478 e. The lowest BCUT2D eigenvalue weighted by atomic mass is 10.1. The molecule has 0 saturated carbocycles. The molecule has 100 valence electrons. The van der Waals surface area contributed by atoms with E-state index in [-0.39, 0.29) is 5.56 Å². The summed E-state index contributed by atoms with van der Waals surface area (Å²) in [4.78, 5) is 15.2. The molecule has 1 heterocycles. The van der Waals surface area contributed by atoms with E-state index in [0.29, 0.717) is 12.0 Å². The number of fused-ring (bicyclic) bond motifs is 1. The Morgan fingerprint density at radius 2 is 2.05 bits per heavy atom. The Morgan fingerprint density at radius 1 is 1.25 bits per heavy atom. The van der Waals surface area contributed by atoms with Crippen molar-refractivity contribution in [3.63, 3.8) is 0 Å². The molecule has 0 spiro atoms. The molecule has 3 nitrogen and oxygen atoms in total. The van der Waals surface area contributed by atoms with Crippen molar-refractivity contribution < 1.29 is 14.3 Å². The zero-order valence-electron chi connectivity index (χ0n) is 10.3. The highest BCUT2D eigenvalue weighted by atomic mass is 32.1. The maximum absolute atomic E-state index is 13.9. The Hall–Kier alpha value is -2.27. The van der Waals surface area contributed by atoms with E-state index >= 15 is 0 Å². The number of aromatic carboxylic acids is 1. The molecule has 2 aromatic carbocycles. The summed E-state index contributed by atoms with van der Waals surface area (Å²) in [6.07, 6.45) is 0.366. The van der Waals surface area contributed by atoms with E-state index in [1.165, 1.54) is 23.5 Å². The lowest BCUT2D eigenvalue weighted by Crippen LogP contribution is -1.99. The Morgan fingerprint density at radius 3 is 2.75 bits per heavy atom. The third-order valence-electron chi connectivity index (χ3n) is 2.98. The minimum atomic E-state index is -1.13. The summed E-state index contributed by atoms with van der Waals surface area (Å²) in [6, 6.07) is 11.7. The van der Waals surface area contributed by atoms with Gasteiger partial charge in [-0.2, -0.15) is 0 Å². The Kier molecular flexibility index (Phi) is 3.20. The predicted octanol–water partition coefficient (Wildman–Crippen LogP) is 3.72. The molecule has 20 heavy (non-hydrogen) atoms. The van der Waals surface area contributed by atoms with Gasteiger partial charge in [-0.25, -0.2) is 14.2 Å². The van der Waals surface area contributed by atoms with Crippen LogP contribution in [0.25, 0.3) is 10.2 Å². The zero-order chi connectivity index (χ0) is 14.1. The van der Waals surface area contributed by atoms with Gasteiger partial charge in [-0.1, -0.05) is 18.2 Å². The molecule has 3 rings (SSSR count). The number of halogens is 1. The number of benzene rings is 2. The van der Waals surface area contributed by atoms with Gasteiger partial charge in [-0.3, -0.25) is 0 Å². The van der Waals surface area contributed by atoms with Crippen LogP contribution in [0.3, 0.4) is 0 Å². The number of rotatable bonds is 3. The molecular formula is C15H10FNO2S. The fraction of sp³-hybridized carbons (Fsp3) is 0.0667. The molecule has 3 aromatic rings. The zero-order valence-corrected chi connectivity index (χ0v) is 11.2. The van der Waals surface area contributed by atoms with Crippen LogP contribution >= 0.6 is 11.3 Å². The van der Waals surface area contributed by atoms with Crippen molar-refractivity contribution in [3.05, 3.63) is 64.4 Å². The maximum atomic E-state index is 13.9. The summed E-state index contributed by atoms with van der Waals surface area (Å²) < 4.78 is 14.9. The number of carboxylic acids is 1. The summed E-state index contributed by atoms with van der Waals surface area (Å²) in [5.74, 6) is -1.64. The van der Waals surface area contributed by atoms with Gasteiger partial charge in [0.05, 0.1) is 20.8 Å². The number of hydrogen-bond acceptors (Lipinski definition) is 3. The highest BCUT2D eigenvalue weighted by molar-refractivity contribution is 7.18. The van der Waals surface area contributed by atoms with E-state index in [1.807, 2.05) is 24.3 Å². The third-order valence-corrected chi connectivity index (χ3v) is 4.02. The SMILES string of the molecule is O=C(O)c1ccc(Cc2nc3ccccc3s2)c(F)c1. The molecule has 0 unspecified atom stereocenters. The normalized spacial score (nSPS) is 10.8. The predicted molar refractivity (Wildman–Crippen MR) is 75.8 cm³/mol. The maximum Gasteiger partial charge on any atom is 0.335 e. The molecule has 1 N–H and O–H groups in total. The Balaban J connectivity index is 1.92. The van der Waals surface area contributed by atoms with Gasteiger partial charge in [0.15, 0.2) is 0 Å². The molecular weight excluding hydrogens is 277 g/mol. The number of aromatic nitrogens is 1. The van der Waals surface area contributed by atoms with Crippen LogP contribution in [0.1, 0.15) is 20.9 Å². The first-order valence-electron chi connectivity index (χ1n) is 5.99. The van der Waals surface area contributed by atoms with Crippen LogP contribution in [0.5, 0.6) is 0 Å². The lowest BCUT2D eigenvalue weighted by Gasteiger charge is -2.02. The van der Waals surface area contributed by atoms with Crippen molar-refractivity contribution in [2.24, 2.45) is 0 Å². The van der Waals surface area contributed by atoms with Gasteiger partial charge in [0.25, 0.3) is 0 Å². The smallest absolute Gasteiger partial charge is 0.335 e. The second-order valence-electron chi connectivity index (χ2n) is 4.36. The summed E-state index contributed by atoms with van der Waals surface area (Å²) in [5.41, 5.74) is 1.31. The van der Waals surface area contributed by atoms with Crippen molar-refractivity contribution in [1.29, 1.82) is 0 Å². The minimum absolute atomic E-state index is 0.0458. The Labute approximate surface area is 118 Å². The molecule has 1 aromatic heterocycles. The van der Waals surface area contributed by atoms with Gasteiger partial charge in [0.2, 0.25) is 0 Å². The van der Waals surface area contributed by atoms with Crippen molar-refractivity contribution in [2.45, 2.75) is 6.42 Å². The molecule has 0 saturated heterocycles. The van der Waals surface area contributed by atoms with Crippen LogP contribution in [0.2, 0.25) is 0 Å². The van der Waals surface area contributed by atoms with Gasteiger partial charge in [-0.05, 0) is 29.8 Å². The van der Waals surface area contributed by atoms with Gasteiger partial charge in [0.1, 0.15) is 5.82 Å². The van der Waals surface area contributed by atoms with Gasteiger partial charge < -0.3 is 5.11 Å². The first kappa shape index (κ1) is 12.7. The molecule has 0 aliphatic heterocycles. The number of carboxylic acid groups (broad SMARTS) is 1. The van der Waals surface area contributed by atoms with Crippen molar-refractivity contribution in [3.8, 4) is 0 Å². The van der Waals surface area contributed by atoms with E-state index in [1.54, 1.807) is 0 Å². The van der Waals surface area contributed by atoms with E-state index in [0.717, 1.165) is 21.3 Å². The van der Waals surface area contributed by atoms with Crippen LogP contribution < -0.4 is 0 Å². The monoisotopic (exact) mass is 287 g/mol. The van der Waals surface area contributed by atoms with E-state index in [9.17, 15) is 9.18 Å². The van der Waals surface area contributed by atoms with Crippen molar-refractivity contribution >= 4 is 27.5 Å². The molecule has 0 radical (unpaired) electrons. The van der Waals surface area contributed by atoms with Crippen LogP contribution in [-0.4, -0.2) is 16.1 Å². The molecule has 5 heteroatoms. The largest absolute Gasteiger partial charge is 0.478 e. The summed E-state index contributed by atoms with van der Waals surface area (Å²) in [6.45, 7) is 0. The topological polar surface area (TPSA) is 50.2 Å². The van der Waals surface area contributed by atoms with E-state index in [2.05, 4.69) is 4.98 Å². The standard InChI is InChI=1S/C15H10FNO2S/c16-11-7-10(15(18)19)6-5-9(11)8-14-17-12-3-1-2-4-13(12)20-14/h1-7H,8H2,(H,18,19). The number of hydrogen-bond donors (Lipinski definition) is 1. The van der Waals surface area contributed by atoms with Crippen molar-refractivity contribution in [2.75, 3.05) is 0 Å². The van der Waals surface area contributed by atoms with E-state index < -0.39 is 11.8 Å². The first-order valence-corrected chi connectivity index (χ1v) is 6.81. The second kappa shape index (κ2) is 5.02. The molecule has 0 amide bonds. The molecule has 0 atom stereocenters. The van der Waals surface area contributed by atoms with Crippen molar-refractivity contribution in [1.82, 2.24) is 4.98 Å². The van der Waals surface area contributed by atoms with E-state index in [4.69, 9.17) is 5.11 Å². The number of carbonyl (C=O) groups is 1. The average Bonchev–Trinajstić information content (AvgIpc) is 2.83. The Bertz CT molecular complexity index is 764. The highest BCUT2D eigenvalue weighted by Gasteiger charge is 2.11. The molecule has 0 aliphatic rings. The van der Waals surface area contributed by atoms with Gasteiger partial charge >= 0.3 is 5.97 Å². The lowest BCUT2D eigenvalue weighted by molar-refractivity contribution is 0.0696. The fourth-order valence-electron chi connectivity index (χ4n) is 1.98. The number of thiazole rings is 1. The van der Waals surface area contributed by atoms with Gasteiger partial charge in [-0.15, -0.1) is 11.3 Å². The van der Waals surface area contributed by atoms with Crippen LogP contribution in [-0.2, 0) is 6.42 Å². The fourth-order valence-corrected chi connectivity index (χ4v) is 2.97. The highest BCUT2D eigenvalue weighted by Crippen LogP contribution is 2.24. The molecule has 0 bridgehead atoms.